The number of aryl methyl sites for hydroxylation is 1. The minimum Gasteiger partial charge on any atom is -0.361 e. The molecule has 0 aliphatic carbocycles. The minimum atomic E-state index is 0.307. The monoisotopic (exact) mass is 270 g/mol. The second-order valence-electron chi connectivity index (χ2n) is 5.95. The Kier molecular flexibility index (Phi) is 3.77. The summed E-state index contributed by atoms with van der Waals surface area (Å²) >= 11 is 0. The Morgan fingerprint density at radius 2 is 2.25 bits per heavy atom. The van der Waals surface area contributed by atoms with Gasteiger partial charge in [-0.05, 0) is 36.8 Å². The third-order valence-electron chi connectivity index (χ3n) is 4.29. The van der Waals surface area contributed by atoms with Crippen molar-refractivity contribution in [3.63, 3.8) is 0 Å². The molecule has 106 valence electrons. The van der Waals surface area contributed by atoms with Gasteiger partial charge in [0.05, 0.1) is 0 Å². The molecule has 0 radical (unpaired) electrons. The summed E-state index contributed by atoms with van der Waals surface area (Å²) in [6, 6.07) is 8.28. The van der Waals surface area contributed by atoms with Crippen LogP contribution >= 0.6 is 0 Å². The van der Waals surface area contributed by atoms with Crippen LogP contribution < -0.4 is 0 Å². The maximum absolute atomic E-state index is 12.3. The van der Waals surface area contributed by atoms with Gasteiger partial charge in [0, 0.05) is 36.6 Å². The smallest absolute Gasteiger partial charge is 0.222 e. The first kappa shape index (κ1) is 13.2. The van der Waals surface area contributed by atoms with E-state index in [1.165, 1.54) is 17.4 Å². The molecular weight excluding hydrogens is 248 g/mol. The molecule has 1 aliphatic rings. The largest absolute Gasteiger partial charge is 0.361 e. The highest BCUT2D eigenvalue weighted by Gasteiger charge is 2.20. The van der Waals surface area contributed by atoms with Gasteiger partial charge in [-0.2, -0.15) is 0 Å². The fraction of sp³-hybridized carbons (Fsp3) is 0.471. The lowest BCUT2D eigenvalue weighted by Gasteiger charge is -2.31. The van der Waals surface area contributed by atoms with Crippen molar-refractivity contribution in [1.29, 1.82) is 0 Å². The molecule has 2 aromatic rings. The zero-order chi connectivity index (χ0) is 13.9. The highest BCUT2D eigenvalue weighted by Crippen LogP contribution is 2.20. The van der Waals surface area contributed by atoms with Crippen LogP contribution in [0.2, 0.25) is 0 Å². The second kappa shape index (κ2) is 5.70. The molecule has 3 heteroatoms. The number of fused-ring (bicyclic) bond motifs is 1. The lowest BCUT2D eigenvalue weighted by Crippen LogP contribution is -2.39. The third-order valence-corrected chi connectivity index (χ3v) is 4.29. The fourth-order valence-corrected chi connectivity index (χ4v) is 3.15. The Labute approximate surface area is 120 Å². The van der Waals surface area contributed by atoms with Crippen molar-refractivity contribution in [2.45, 2.75) is 32.6 Å². The SMILES string of the molecule is CC1CCCN(C(=O)CCc2c[nH]c3ccccc23)C1. The molecule has 0 saturated carbocycles. The van der Waals surface area contributed by atoms with Gasteiger partial charge in [-0.25, -0.2) is 0 Å². The number of aromatic amines is 1. The van der Waals surface area contributed by atoms with E-state index in [0.717, 1.165) is 31.4 Å². The number of likely N-dealkylation sites (tertiary alicyclic amines) is 1. The van der Waals surface area contributed by atoms with E-state index < -0.39 is 0 Å². The molecule has 1 amide bonds. The number of hydrogen-bond donors (Lipinski definition) is 1. The molecular formula is C17H22N2O. The van der Waals surface area contributed by atoms with Crippen molar-refractivity contribution in [3.05, 3.63) is 36.0 Å². The average molecular weight is 270 g/mol. The molecule has 0 spiro atoms. The number of H-pyrrole nitrogens is 1. The van der Waals surface area contributed by atoms with Crippen LogP contribution in [0.1, 0.15) is 31.7 Å². The van der Waals surface area contributed by atoms with Crippen molar-refractivity contribution < 1.29 is 4.79 Å². The van der Waals surface area contributed by atoms with E-state index in [1.807, 2.05) is 23.2 Å². The van der Waals surface area contributed by atoms with Crippen molar-refractivity contribution in [2.75, 3.05) is 13.1 Å². The van der Waals surface area contributed by atoms with E-state index in [0.29, 0.717) is 18.2 Å². The summed E-state index contributed by atoms with van der Waals surface area (Å²) in [5.74, 6) is 0.961. The number of piperidine rings is 1. The average Bonchev–Trinajstić information content (AvgIpc) is 2.88. The number of aromatic nitrogens is 1. The van der Waals surface area contributed by atoms with Crippen LogP contribution in [0.3, 0.4) is 0 Å². The number of carbonyl (C=O) groups excluding carboxylic acids is 1. The van der Waals surface area contributed by atoms with E-state index in [4.69, 9.17) is 0 Å². The number of nitrogens with zero attached hydrogens (tertiary/aromatic N) is 1. The quantitative estimate of drug-likeness (QED) is 0.912. The minimum absolute atomic E-state index is 0.307. The molecule has 1 aliphatic heterocycles. The standard InChI is InChI=1S/C17H22N2O/c1-13-5-4-10-19(12-13)17(20)9-8-14-11-18-16-7-3-2-6-15(14)16/h2-3,6-7,11,13,18H,4-5,8-10,12H2,1H3. The van der Waals surface area contributed by atoms with E-state index in [1.54, 1.807) is 0 Å². The molecule has 3 nitrogen and oxygen atoms in total. The molecule has 0 bridgehead atoms. The number of rotatable bonds is 3. The predicted octanol–water partition coefficient (Wildman–Crippen LogP) is 3.36. The maximum atomic E-state index is 12.3. The Hall–Kier alpha value is -1.77. The van der Waals surface area contributed by atoms with Crippen molar-refractivity contribution >= 4 is 16.8 Å². The van der Waals surface area contributed by atoms with E-state index >= 15 is 0 Å². The van der Waals surface area contributed by atoms with Gasteiger partial charge < -0.3 is 9.88 Å². The molecule has 1 saturated heterocycles. The maximum Gasteiger partial charge on any atom is 0.222 e. The highest BCUT2D eigenvalue weighted by atomic mass is 16.2. The van der Waals surface area contributed by atoms with Gasteiger partial charge in [0.15, 0.2) is 0 Å². The summed E-state index contributed by atoms with van der Waals surface area (Å²) in [7, 11) is 0. The van der Waals surface area contributed by atoms with Crippen molar-refractivity contribution in [2.24, 2.45) is 5.92 Å². The van der Waals surface area contributed by atoms with Gasteiger partial charge in [0.1, 0.15) is 0 Å². The first-order valence-corrected chi connectivity index (χ1v) is 7.57. The van der Waals surface area contributed by atoms with E-state index in [9.17, 15) is 4.79 Å². The van der Waals surface area contributed by atoms with E-state index in [2.05, 4.69) is 24.0 Å². The molecule has 1 N–H and O–H groups in total. The zero-order valence-corrected chi connectivity index (χ0v) is 12.1. The molecule has 1 fully saturated rings. The van der Waals surface area contributed by atoms with Gasteiger partial charge in [-0.3, -0.25) is 4.79 Å². The lowest BCUT2D eigenvalue weighted by atomic mass is 9.99. The van der Waals surface area contributed by atoms with Crippen LogP contribution in [0, 0.1) is 5.92 Å². The normalized spacial score (nSPS) is 19.4. The number of nitrogens with one attached hydrogen (secondary N) is 1. The Balaban J connectivity index is 1.63. The zero-order valence-electron chi connectivity index (χ0n) is 12.1. The van der Waals surface area contributed by atoms with Crippen molar-refractivity contribution in [3.8, 4) is 0 Å². The summed E-state index contributed by atoms with van der Waals surface area (Å²) < 4.78 is 0. The van der Waals surface area contributed by atoms with Gasteiger partial charge in [0.2, 0.25) is 5.91 Å². The highest BCUT2D eigenvalue weighted by molar-refractivity contribution is 5.84. The number of carbonyl (C=O) groups is 1. The predicted molar refractivity (Wildman–Crippen MR) is 81.6 cm³/mol. The Morgan fingerprint density at radius 3 is 3.10 bits per heavy atom. The van der Waals surface area contributed by atoms with Crippen LogP contribution in [-0.4, -0.2) is 28.9 Å². The van der Waals surface area contributed by atoms with Gasteiger partial charge in [0.25, 0.3) is 0 Å². The summed E-state index contributed by atoms with van der Waals surface area (Å²) in [6.07, 6.45) is 5.89. The van der Waals surface area contributed by atoms with Crippen LogP contribution in [0.25, 0.3) is 10.9 Å². The molecule has 1 unspecified atom stereocenters. The summed E-state index contributed by atoms with van der Waals surface area (Å²) in [5.41, 5.74) is 2.40. The second-order valence-corrected chi connectivity index (χ2v) is 5.95. The number of benzene rings is 1. The third kappa shape index (κ3) is 2.72. The summed E-state index contributed by atoms with van der Waals surface area (Å²) in [4.78, 5) is 17.6. The van der Waals surface area contributed by atoms with Crippen LogP contribution in [-0.2, 0) is 11.2 Å². The Morgan fingerprint density at radius 1 is 1.40 bits per heavy atom. The number of para-hydroxylation sites is 1. The fourth-order valence-electron chi connectivity index (χ4n) is 3.15. The topological polar surface area (TPSA) is 36.1 Å². The molecule has 1 aromatic heterocycles. The molecule has 3 rings (SSSR count). The van der Waals surface area contributed by atoms with Gasteiger partial charge in [-0.1, -0.05) is 25.1 Å². The number of amides is 1. The van der Waals surface area contributed by atoms with Gasteiger partial charge in [-0.15, -0.1) is 0 Å². The molecule has 1 atom stereocenters. The summed E-state index contributed by atoms with van der Waals surface area (Å²) in [6.45, 7) is 4.11. The molecule has 20 heavy (non-hydrogen) atoms. The first-order chi connectivity index (χ1) is 9.74. The van der Waals surface area contributed by atoms with Crippen LogP contribution in [0.15, 0.2) is 30.5 Å². The van der Waals surface area contributed by atoms with Crippen LogP contribution in [0.4, 0.5) is 0 Å². The van der Waals surface area contributed by atoms with E-state index in [-0.39, 0.29) is 0 Å². The number of hydrogen-bond acceptors (Lipinski definition) is 1. The first-order valence-electron chi connectivity index (χ1n) is 7.57. The van der Waals surface area contributed by atoms with Gasteiger partial charge >= 0.3 is 0 Å². The molecule has 1 aromatic carbocycles. The molecule has 2 heterocycles. The Bertz CT molecular complexity index is 602. The lowest BCUT2D eigenvalue weighted by molar-refractivity contribution is -0.132. The van der Waals surface area contributed by atoms with Crippen LogP contribution in [0.5, 0.6) is 0 Å². The summed E-state index contributed by atoms with van der Waals surface area (Å²) in [5, 5.41) is 1.24. The van der Waals surface area contributed by atoms with Crippen molar-refractivity contribution in [1.82, 2.24) is 9.88 Å².